The summed E-state index contributed by atoms with van der Waals surface area (Å²) in [7, 11) is 0. The number of carboxylic acids is 2. The Hall–Kier alpha value is -3.95. The number of aromatic nitrogens is 1. The van der Waals surface area contributed by atoms with Gasteiger partial charge in [-0.1, -0.05) is 49.4 Å². The van der Waals surface area contributed by atoms with Crippen molar-refractivity contribution >= 4 is 46.4 Å². The van der Waals surface area contributed by atoms with Crippen LogP contribution in [-0.2, 0) is 14.3 Å². The predicted octanol–water partition coefficient (Wildman–Crippen LogP) is 3.54. The van der Waals surface area contributed by atoms with Gasteiger partial charge in [0.05, 0.1) is 18.9 Å². The number of pyridine rings is 1. The number of anilines is 2. The summed E-state index contributed by atoms with van der Waals surface area (Å²) in [5, 5.41) is 17.3. The maximum Gasteiger partial charge on any atom is 0.414 e. The number of rotatable bonds is 5. The minimum atomic E-state index is -1.82. The first-order chi connectivity index (χ1) is 18.4. The molecule has 2 aliphatic heterocycles. The van der Waals surface area contributed by atoms with Gasteiger partial charge in [0.1, 0.15) is 5.82 Å². The lowest BCUT2D eigenvalue weighted by molar-refractivity contribution is -0.159. The van der Waals surface area contributed by atoms with E-state index in [9.17, 15) is 0 Å². The third-order valence-electron chi connectivity index (χ3n) is 6.74. The molecule has 0 bridgehead atoms. The molecule has 9 heteroatoms. The molecule has 0 spiro atoms. The van der Waals surface area contributed by atoms with E-state index in [1.54, 1.807) is 0 Å². The average molecular weight is 519 g/mol. The van der Waals surface area contributed by atoms with E-state index in [4.69, 9.17) is 29.5 Å². The fourth-order valence-electron chi connectivity index (χ4n) is 4.63. The van der Waals surface area contributed by atoms with Gasteiger partial charge in [0, 0.05) is 50.3 Å². The topological polar surface area (TPSA) is 106 Å². The summed E-state index contributed by atoms with van der Waals surface area (Å²) in [5.74, 6) is -2.54. The zero-order valence-electron chi connectivity index (χ0n) is 21.6. The number of piperazine rings is 1. The molecule has 0 radical (unpaired) electrons. The molecule has 0 amide bonds. The molecule has 0 aliphatic carbocycles. The Balaban J connectivity index is 0.000000505. The van der Waals surface area contributed by atoms with Crippen LogP contribution < -0.4 is 9.80 Å². The van der Waals surface area contributed by atoms with Gasteiger partial charge in [0.15, 0.2) is 0 Å². The third-order valence-corrected chi connectivity index (χ3v) is 6.74. The highest BCUT2D eigenvalue weighted by Gasteiger charge is 2.19. The SMILES string of the molecule is CCN1CCN(c2nc(/C=C/c3cccc(N4CCOCC4)c3)cc3ccccc23)CC1.O=C(O)C(=O)O. The van der Waals surface area contributed by atoms with Gasteiger partial charge >= 0.3 is 11.9 Å². The van der Waals surface area contributed by atoms with Crippen molar-refractivity contribution < 1.29 is 24.5 Å². The molecule has 2 aliphatic rings. The molecular formula is C29H34N4O5. The summed E-state index contributed by atoms with van der Waals surface area (Å²) < 4.78 is 5.49. The van der Waals surface area contributed by atoms with E-state index < -0.39 is 11.9 Å². The fourth-order valence-corrected chi connectivity index (χ4v) is 4.63. The molecule has 200 valence electrons. The molecule has 2 aromatic carbocycles. The van der Waals surface area contributed by atoms with Gasteiger partial charge in [-0.25, -0.2) is 14.6 Å². The number of nitrogens with zero attached hydrogens (tertiary/aromatic N) is 4. The molecule has 2 saturated heterocycles. The van der Waals surface area contributed by atoms with Crippen LogP contribution in [0.3, 0.4) is 0 Å². The second-order valence-corrected chi connectivity index (χ2v) is 9.15. The number of aliphatic carboxylic acids is 2. The summed E-state index contributed by atoms with van der Waals surface area (Å²) in [6.45, 7) is 11.1. The second kappa shape index (κ2) is 13.0. The summed E-state index contributed by atoms with van der Waals surface area (Å²) >= 11 is 0. The van der Waals surface area contributed by atoms with E-state index in [0.717, 1.165) is 70.5 Å². The van der Waals surface area contributed by atoms with Crippen LogP contribution in [0.2, 0.25) is 0 Å². The van der Waals surface area contributed by atoms with E-state index in [1.165, 1.54) is 22.0 Å². The van der Waals surface area contributed by atoms with Crippen LogP contribution in [-0.4, -0.2) is 91.1 Å². The lowest BCUT2D eigenvalue weighted by atomic mass is 10.1. The third kappa shape index (κ3) is 7.08. The maximum atomic E-state index is 9.10. The number of likely N-dealkylation sites (N-methyl/N-ethyl adjacent to an activating group) is 1. The molecule has 9 nitrogen and oxygen atoms in total. The molecule has 2 N–H and O–H groups in total. The van der Waals surface area contributed by atoms with Gasteiger partial charge in [-0.05, 0) is 41.8 Å². The van der Waals surface area contributed by atoms with Gasteiger partial charge in [0.2, 0.25) is 0 Å². The fraction of sp³-hybridized carbons (Fsp3) is 0.345. The van der Waals surface area contributed by atoms with Crippen molar-refractivity contribution in [2.75, 3.05) is 68.8 Å². The summed E-state index contributed by atoms with van der Waals surface area (Å²) in [4.78, 5) is 30.6. The van der Waals surface area contributed by atoms with Gasteiger partial charge in [-0.3, -0.25) is 0 Å². The number of hydrogen-bond acceptors (Lipinski definition) is 7. The Bertz CT molecular complexity index is 1270. The van der Waals surface area contributed by atoms with Gasteiger partial charge < -0.3 is 29.6 Å². The van der Waals surface area contributed by atoms with Gasteiger partial charge in [-0.2, -0.15) is 0 Å². The maximum absolute atomic E-state index is 9.10. The molecule has 3 aromatic rings. The van der Waals surface area contributed by atoms with E-state index >= 15 is 0 Å². The Morgan fingerprint density at radius 3 is 2.26 bits per heavy atom. The number of fused-ring (bicyclic) bond motifs is 1. The van der Waals surface area contributed by atoms with Crippen molar-refractivity contribution in [3.63, 3.8) is 0 Å². The van der Waals surface area contributed by atoms with E-state index in [1.807, 2.05) is 0 Å². The highest BCUT2D eigenvalue weighted by atomic mass is 16.5. The monoisotopic (exact) mass is 518 g/mol. The van der Waals surface area contributed by atoms with Crippen LogP contribution in [0.15, 0.2) is 54.6 Å². The molecule has 38 heavy (non-hydrogen) atoms. The molecule has 3 heterocycles. The summed E-state index contributed by atoms with van der Waals surface area (Å²) in [6.07, 6.45) is 4.33. The van der Waals surface area contributed by atoms with Crippen LogP contribution >= 0.6 is 0 Å². The number of morpholine rings is 1. The van der Waals surface area contributed by atoms with Crippen LogP contribution in [0.1, 0.15) is 18.2 Å². The summed E-state index contributed by atoms with van der Waals surface area (Å²) in [5.41, 5.74) is 3.46. The second-order valence-electron chi connectivity index (χ2n) is 9.15. The smallest absolute Gasteiger partial charge is 0.414 e. The molecule has 1 aromatic heterocycles. The van der Waals surface area contributed by atoms with Gasteiger partial charge in [0.25, 0.3) is 0 Å². The number of benzene rings is 2. The van der Waals surface area contributed by atoms with Crippen LogP contribution in [0.5, 0.6) is 0 Å². The Morgan fingerprint density at radius 2 is 1.58 bits per heavy atom. The van der Waals surface area contributed by atoms with Crippen molar-refractivity contribution in [3.8, 4) is 0 Å². The molecule has 2 fully saturated rings. The Morgan fingerprint density at radius 1 is 0.868 bits per heavy atom. The van der Waals surface area contributed by atoms with E-state index in [-0.39, 0.29) is 0 Å². The van der Waals surface area contributed by atoms with Crippen LogP contribution in [0, 0.1) is 0 Å². The van der Waals surface area contributed by atoms with Crippen LogP contribution in [0.25, 0.3) is 22.9 Å². The Kier molecular flexibility index (Phi) is 9.29. The highest BCUT2D eigenvalue weighted by Crippen LogP contribution is 2.28. The van der Waals surface area contributed by atoms with Crippen molar-refractivity contribution in [2.45, 2.75) is 6.92 Å². The van der Waals surface area contributed by atoms with E-state index in [0.29, 0.717) is 0 Å². The first-order valence-corrected chi connectivity index (χ1v) is 12.9. The van der Waals surface area contributed by atoms with E-state index in [2.05, 4.69) is 88.4 Å². The van der Waals surface area contributed by atoms with Crippen molar-refractivity contribution in [2.24, 2.45) is 0 Å². The quantitative estimate of drug-likeness (QED) is 0.491. The first kappa shape index (κ1) is 27.1. The van der Waals surface area contributed by atoms with Gasteiger partial charge in [-0.15, -0.1) is 0 Å². The number of hydrogen-bond donors (Lipinski definition) is 2. The largest absolute Gasteiger partial charge is 0.473 e. The molecular weight excluding hydrogens is 484 g/mol. The molecule has 0 atom stereocenters. The number of carbonyl (C=O) groups is 2. The number of ether oxygens (including phenoxy) is 1. The minimum Gasteiger partial charge on any atom is -0.473 e. The zero-order chi connectivity index (χ0) is 26.9. The minimum absolute atomic E-state index is 0.802. The van der Waals surface area contributed by atoms with Crippen molar-refractivity contribution in [1.82, 2.24) is 9.88 Å². The summed E-state index contributed by atoms with van der Waals surface area (Å²) in [6, 6.07) is 19.6. The normalized spacial score (nSPS) is 16.3. The van der Waals surface area contributed by atoms with Crippen molar-refractivity contribution in [1.29, 1.82) is 0 Å². The Labute approximate surface area is 222 Å². The van der Waals surface area contributed by atoms with Crippen molar-refractivity contribution in [3.05, 3.63) is 65.9 Å². The average Bonchev–Trinajstić information content (AvgIpc) is 2.96. The first-order valence-electron chi connectivity index (χ1n) is 12.9. The molecule has 5 rings (SSSR count). The molecule has 0 saturated carbocycles. The predicted molar refractivity (Wildman–Crippen MR) is 150 cm³/mol. The lowest BCUT2D eigenvalue weighted by Crippen LogP contribution is -2.46. The molecule has 0 unspecified atom stereocenters. The zero-order valence-corrected chi connectivity index (χ0v) is 21.6. The highest BCUT2D eigenvalue weighted by molar-refractivity contribution is 6.27. The lowest BCUT2D eigenvalue weighted by Gasteiger charge is -2.35. The standard InChI is InChI=1S/C27H32N4O.C2H2O4/c1-2-29-12-14-31(15-13-29)27-26-9-4-3-7-23(26)21-24(28-27)11-10-22-6-5-8-25(20-22)30-16-18-32-19-17-30;3-1(4)2(5)6/h3-11,20-21H,2,12-19H2,1H3;(H,3,4)(H,5,6)/b11-10+;. The van der Waals surface area contributed by atoms with Crippen LogP contribution in [0.4, 0.5) is 11.5 Å². The number of carboxylic acid groups (broad SMARTS) is 2.